The summed E-state index contributed by atoms with van der Waals surface area (Å²) >= 11 is 0. The lowest BCUT2D eigenvalue weighted by molar-refractivity contribution is -0.134. The van der Waals surface area contributed by atoms with Gasteiger partial charge in [0.2, 0.25) is 5.91 Å². The summed E-state index contributed by atoms with van der Waals surface area (Å²) in [5, 5.41) is 2.55. The van der Waals surface area contributed by atoms with Gasteiger partial charge in [-0.25, -0.2) is 0 Å². The molecule has 0 heterocycles. The number of hydrogen-bond acceptors (Lipinski definition) is 4. The second-order valence-electron chi connectivity index (χ2n) is 4.35. The highest BCUT2D eigenvalue weighted by Gasteiger charge is 2.17. The molecule has 0 spiro atoms. The van der Waals surface area contributed by atoms with Gasteiger partial charge in [-0.3, -0.25) is 9.59 Å². The van der Waals surface area contributed by atoms with Crippen LogP contribution in [0.2, 0.25) is 0 Å². The number of nitrogen functional groups attached to an aromatic ring is 1. The number of likely N-dealkylation sites (N-methyl/N-ethyl adjacent to an activating group) is 1. The monoisotopic (exact) mass is 265 g/mol. The Balaban J connectivity index is 2.44. The van der Waals surface area contributed by atoms with Crippen LogP contribution in [-0.2, 0) is 9.59 Å². The van der Waals surface area contributed by atoms with E-state index < -0.39 is 6.04 Å². The van der Waals surface area contributed by atoms with E-state index in [1.165, 1.54) is 4.90 Å². The Hall–Kier alpha value is -2.24. The Kier molecular flexibility index (Phi) is 5.17. The zero-order valence-corrected chi connectivity index (χ0v) is 11.3. The average Bonchev–Trinajstić information content (AvgIpc) is 2.36. The van der Waals surface area contributed by atoms with Gasteiger partial charge in [0.1, 0.15) is 11.8 Å². The first-order valence-corrected chi connectivity index (χ1v) is 5.89. The molecular formula is C13H19N3O3. The van der Waals surface area contributed by atoms with Crippen LogP contribution in [0.15, 0.2) is 24.3 Å². The Morgan fingerprint density at radius 3 is 2.58 bits per heavy atom. The second-order valence-corrected chi connectivity index (χ2v) is 4.35. The SMILES string of the molecule is CC(NC(=O)COc1ccccc1N)C(=O)N(C)C. The summed E-state index contributed by atoms with van der Waals surface area (Å²) in [6, 6.07) is 6.32. The molecule has 0 saturated heterocycles. The molecule has 0 saturated carbocycles. The number of benzene rings is 1. The van der Waals surface area contributed by atoms with Crippen LogP contribution in [0.4, 0.5) is 5.69 Å². The van der Waals surface area contributed by atoms with Crippen molar-refractivity contribution in [3.63, 3.8) is 0 Å². The van der Waals surface area contributed by atoms with Crippen LogP contribution in [0.25, 0.3) is 0 Å². The van der Waals surface area contributed by atoms with Crippen molar-refractivity contribution in [1.82, 2.24) is 10.2 Å². The molecule has 1 atom stereocenters. The van der Waals surface area contributed by atoms with Crippen LogP contribution in [-0.4, -0.2) is 43.5 Å². The van der Waals surface area contributed by atoms with Crippen LogP contribution < -0.4 is 15.8 Å². The minimum atomic E-state index is -0.584. The molecule has 0 aromatic heterocycles. The van der Waals surface area contributed by atoms with Crippen molar-refractivity contribution in [2.75, 3.05) is 26.4 Å². The van der Waals surface area contributed by atoms with Crippen LogP contribution >= 0.6 is 0 Å². The highest BCUT2D eigenvalue weighted by atomic mass is 16.5. The fourth-order valence-electron chi connectivity index (χ4n) is 1.49. The molecule has 1 aromatic carbocycles. The third-order valence-electron chi connectivity index (χ3n) is 2.47. The first kappa shape index (κ1) is 14.8. The van der Waals surface area contributed by atoms with Crippen LogP contribution in [0.1, 0.15) is 6.92 Å². The van der Waals surface area contributed by atoms with Crippen LogP contribution in [0.5, 0.6) is 5.75 Å². The predicted molar refractivity (Wildman–Crippen MR) is 72.6 cm³/mol. The molecular weight excluding hydrogens is 246 g/mol. The summed E-state index contributed by atoms with van der Waals surface area (Å²) in [7, 11) is 3.26. The average molecular weight is 265 g/mol. The van der Waals surface area contributed by atoms with Gasteiger partial charge in [-0.1, -0.05) is 12.1 Å². The first-order chi connectivity index (χ1) is 8.91. The van der Waals surface area contributed by atoms with Gasteiger partial charge in [-0.15, -0.1) is 0 Å². The molecule has 104 valence electrons. The summed E-state index contributed by atoms with van der Waals surface area (Å²) in [5.41, 5.74) is 6.14. The highest BCUT2D eigenvalue weighted by Crippen LogP contribution is 2.19. The number of nitrogens with zero attached hydrogens (tertiary/aromatic N) is 1. The van der Waals surface area contributed by atoms with Crippen molar-refractivity contribution in [2.24, 2.45) is 0 Å². The second kappa shape index (κ2) is 6.63. The maximum atomic E-state index is 11.6. The highest BCUT2D eigenvalue weighted by molar-refractivity contribution is 5.87. The topological polar surface area (TPSA) is 84.7 Å². The largest absolute Gasteiger partial charge is 0.482 e. The quantitative estimate of drug-likeness (QED) is 0.747. The zero-order valence-electron chi connectivity index (χ0n) is 11.3. The third-order valence-corrected chi connectivity index (χ3v) is 2.47. The number of rotatable bonds is 5. The molecule has 0 fully saturated rings. The van der Waals surface area contributed by atoms with E-state index in [2.05, 4.69) is 5.32 Å². The van der Waals surface area contributed by atoms with Crippen molar-refractivity contribution >= 4 is 17.5 Å². The van der Waals surface area contributed by atoms with Crippen molar-refractivity contribution in [2.45, 2.75) is 13.0 Å². The first-order valence-electron chi connectivity index (χ1n) is 5.89. The summed E-state index contributed by atoms with van der Waals surface area (Å²) < 4.78 is 5.28. The number of anilines is 1. The molecule has 6 heteroatoms. The normalized spacial score (nSPS) is 11.5. The molecule has 19 heavy (non-hydrogen) atoms. The zero-order chi connectivity index (χ0) is 14.4. The number of carbonyl (C=O) groups is 2. The Morgan fingerprint density at radius 1 is 1.37 bits per heavy atom. The van der Waals surface area contributed by atoms with E-state index in [0.717, 1.165) is 0 Å². The molecule has 1 rings (SSSR count). The van der Waals surface area contributed by atoms with E-state index in [9.17, 15) is 9.59 Å². The van der Waals surface area contributed by atoms with Crippen molar-refractivity contribution in [3.05, 3.63) is 24.3 Å². The minimum absolute atomic E-state index is 0.174. The van der Waals surface area contributed by atoms with Crippen LogP contribution in [0, 0.1) is 0 Å². The lowest BCUT2D eigenvalue weighted by Gasteiger charge is -2.18. The molecule has 6 nitrogen and oxygen atoms in total. The molecule has 0 aliphatic carbocycles. The fraction of sp³-hybridized carbons (Fsp3) is 0.385. The van der Waals surface area contributed by atoms with Gasteiger partial charge in [-0.2, -0.15) is 0 Å². The van der Waals surface area contributed by atoms with E-state index >= 15 is 0 Å². The van der Waals surface area contributed by atoms with E-state index in [1.807, 2.05) is 0 Å². The standard InChI is InChI=1S/C13H19N3O3/c1-9(13(18)16(2)3)15-12(17)8-19-11-7-5-4-6-10(11)14/h4-7,9H,8,14H2,1-3H3,(H,15,17). The van der Waals surface area contributed by atoms with Crippen molar-refractivity contribution < 1.29 is 14.3 Å². The maximum Gasteiger partial charge on any atom is 0.258 e. The Morgan fingerprint density at radius 2 is 2.00 bits per heavy atom. The van der Waals surface area contributed by atoms with E-state index in [1.54, 1.807) is 45.3 Å². The maximum absolute atomic E-state index is 11.6. The third kappa shape index (κ3) is 4.50. The van der Waals surface area contributed by atoms with Gasteiger partial charge in [0, 0.05) is 14.1 Å². The summed E-state index contributed by atoms with van der Waals surface area (Å²) in [6.45, 7) is 1.44. The lowest BCUT2D eigenvalue weighted by Crippen LogP contribution is -2.45. The summed E-state index contributed by atoms with van der Waals surface area (Å²) in [6.07, 6.45) is 0. The van der Waals surface area contributed by atoms with Gasteiger partial charge in [-0.05, 0) is 19.1 Å². The molecule has 1 unspecified atom stereocenters. The molecule has 1 aromatic rings. The van der Waals surface area contributed by atoms with Gasteiger partial charge < -0.3 is 20.7 Å². The van der Waals surface area contributed by atoms with Gasteiger partial charge in [0.15, 0.2) is 6.61 Å². The van der Waals surface area contributed by atoms with Crippen molar-refractivity contribution in [3.8, 4) is 5.75 Å². The Bertz CT molecular complexity index is 460. The molecule has 2 amide bonds. The smallest absolute Gasteiger partial charge is 0.258 e. The fourth-order valence-corrected chi connectivity index (χ4v) is 1.49. The number of para-hydroxylation sites is 2. The number of hydrogen-bond donors (Lipinski definition) is 2. The van der Waals surface area contributed by atoms with Crippen molar-refractivity contribution in [1.29, 1.82) is 0 Å². The van der Waals surface area contributed by atoms with E-state index in [4.69, 9.17) is 10.5 Å². The molecule has 0 radical (unpaired) electrons. The number of ether oxygens (including phenoxy) is 1. The van der Waals surface area contributed by atoms with Crippen LogP contribution in [0.3, 0.4) is 0 Å². The molecule has 0 bridgehead atoms. The number of amides is 2. The minimum Gasteiger partial charge on any atom is -0.482 e. The summed E-state index contributed by atoms with van der Waals surface area (Å²) in [5.74, 6) is -0.0947. The lowest BCUT2D eigenvalue weighted by atomic mass is 10.3. The Labute approximate surface area is 112 Å². The number of carbonyl (C=O) groups excluding carboxylic acids is 2. The van der Waals surface area contributed by atoms with Gasteiger partial charge in [0.25, 0.3) is 5.91 Å². The van der Waals surface area contributed by atoms with Gasteiger partial charge >= 0.3 is 0 Å². The molecule has 0 aliphatic rings. The van der Waals surface area contributed by atoms with E-state index in [0.29, 0.717) is 11.4 Å². The van der Waals surface area contributed by atoms with E-state index in [-0.39, 0.29) is 18.4 Å². The number of nitrogens with two attached hydrogens (primary N) is 1. The molecule has 0 aliphatic heterocycles. The number of nitrogens with one attached hydrogen (secondary N) is 1. The predicted octanol–water partition coefficient (Wildman–Crippen LogP) is 0.240. The van der Waals surface area contributed by atoms with Gasteiger partial charge in [0.05, 0.1) is 5.69 Å². The summed E-state index contributed by atoms with van der Waals surface area (Å²) in [4.78, 5) is 24.6. The molecule has 3 N–H and O–H groups in total.